The Morgan fingerprint density at radius 3 is 2.62 bits per heavy atom. The van der Waals surface area contributed by atoms with Crippen LogP contribution in [0.25, 0.3) is 0 Å². The highest BCUT2D eigenvalue weighted by atomic mass is 79.9. The molecule has 0 bridgehead atoms. The fraction of sp³-hybridized carbons (Fsp3) is 0.294. The topological polar surface area (TPSA) is 29.3 Å². The second-order valence-electron chi connectivity index (χ2n) is 5.62. The lowest BCUT2D eigenvalue weighted by atomic mass is 10.1. The van der Waals surface area contributed by atoms with E-state index in [1.165, 1.54) is 24.5 Å². The van der Waals surface area contributed by atoms with Crippen LogP contribution < -0.4 is 5.73 Å². The van der Waals surface area contributed by atoms with Crippen LogP contribution in [0.4, 0.5) is 10.1 Å². The number of nitrogens with two attached hydrogens (primary N) is 1. The van der Waals surface area contributed by atoms with Crippen LogP contribution in [-0.2, 0) is 13.1 Å². The van der Waals surface area contributed by atoms with Crippen molar-refractivity contribution in [2.24, 2.45) is 0 Å². The molecule has 1 aliphatic carbocycles. The zero-order chi connectivity index (χ0) is 14.8. The highest BCUT2D eigenvalue weighted by Crippen LogP contribution is 2.30. The predicted molar refractivity (Wildman–Crippen MR) is 87.2 cm³/mol. The molecule has 2 aromatic rings. The van der Waals surface area contributed by atoms with Crippen LogP contribution in [0.5, 0.6) is 0 Å². The molecule has 1 aliphatic rings. The number of rotatable bonds is 5. The molecular weight excluding hydrogens is 331 g/mol. The summed E-state index contributed by atoms with van der Waals surface area (Å²) in [4.78, 5) is 2.33. The molecule has 0 spiro atoms. The Bertz CT molecular complexity index is 640. The highest BCUT2D eigenvalue weighted by Gasteiger charge is 2.29. The van der Waals surface area contributed by atoms with E-state index in [9.17, 15) is 4.39 Å². The summed E-state index contributed by atoms with van der Waals surface area (Å²) >= 11 is 3.30. The summed E-state index contributed by atoms with van der Waals surface area (Å²) in [7, 11) is 0. The van der Waals surface area contributed by atoms with Gasteiger partial charge in [0, 0.05) is 34.9 Å². The number of nitrogen functional groups attached to an aromatic ring is 1. The second-order valence-corrected chi connectivity index (χ2v) is 6.53. The summed E-state index contributed by atoms with van der Waals surface area (Å²) in [6.07, 6.45) is 2.39. The first-order valence-electron chi connectivity index (χ1n) is 7.14. The van der Waals surface area contributed by atoms with Crippen molar-refractivity contribution in [1.82, 2.24) is 4.90 Å². The van der Waals surface area contributed by atoms with Gasteiger partial charge < -0.3 is 5.73 Å². The van der Waals surface area contributed by atoms with Crippen molar-refractivity contribution in [1.29, 1.82) is 0 Å². The lowest BCUT2D eigenvalue weighted by Crippen LogP contribution is -2.25. The fourth-order valence-corrected chi connectivity index (χ4v) is 2.88. The Labute approximate surface area is 132 Å². The molecule has 2 N–H and O–H groups in total. The molecule has 21 heavy (non-hydrogen) atoms. The number of anilines is 1. The van der Waals surface area contributed by atoms with Crippen molar-refractivity contribution in [2.45, 2.75) is 32.0 Å². The van der Waals surface area contributed by atoms with E-state index in [4.69, 9.17) is 5.73 Å². The van der Waals surface area contributed by atoms with Gasteiger partial charge in [-0.15, -0.1) is 0 Å². The molecule has 0 aromatic heterocycles. The van der Waals surface area contributed by atoms with Crippen LogP contribution in [0.3, 0.4) is 0 Å². The molecule has 0 heterocycles. The molecule has 1 saturated carbocycles. The van der Waals surface area contributed by atoms with Gasteiger partial charge in [-0.3, -0.25) is 4.90 Å². The summed E-state index contributed by atoms with van der Waals surface area (Å²) in [5.41, 5.74) is 8.54. The van der Waals surface area contributed by atoms with Crippen molar-refractivity contribution in [3.63, 3.8) is 0 Å². The standard InChI is InChI=1S/C17H18BrFN2/c18-14-5-4-13(17(19)9-14)11-21(16-6-7-16)10-12-2-1-3-15(20)8-12/h1-5,8-9,16H,6-7,10-11,20H2. The Kier molecular flexibility index (Phi) is 4.27. The summed E-state index contributed by atoms with van der Waals surface area (Å²) in [6.45, 7) is 1.45. The lowest BCUT2D eigenvalue weighted by Gasteiger charge is -2.22. The SMILES string of the molecule is Nc1cccc(CN(Cc2ccc(Br)cc2F)C2CC2)c1. The maximum atomic E-state index is 14.0. The Balaban J connectivity index is 1.76. The van der Waals surface area contributed by atoms with Gasteiger partial charge in [-0.05, 0) is 42.7 Å². The van der Waals surface area contributed by atoms with Crippen LogP contribution in [-0.4, -0.2) is 10.9 Å². The first-order chi connectivity index (χ1) is 10.1. The van der Waals surface area contributed by atoms with Crippen molar-refractivity contribution in [3.05, 3.63) is 63.9 Å². The minimum atomic E-state index is -0.150. The van der Waals surface area contributed by atoms with E-state index in [0.717, 1.165) is 22.3 Å². The second kappa shape index (κ2) is 6.16. The Morgan fingerprint density at radius 2 is 1.95 bits per heavy atom. The quantitative estimate of drug-likeness (QED) is 0.814. The predicted octanol–water partition coefficient (Wildman–Crippen LogP) is 4.34. The number of hydrogen-bond donors (Lipinski definition) is 1. The maximum Gasteiger partial charge on any atom is 0.128 e. The summed E-state index contributed by atoms with van der Waals surface area (Å²) in [6, 6.07) is 13.8. The van der Waals surface area contributed by atoms with Gasteiger partial charge in [0.25, 0.3) is 0 Å². The Morgan fingerprint density at radius 1 is 1.14 bits per heavy atom. The third-order valence-corrected chi connectivity index (χ3v) is 4.28. The normalized spacial score (nSPS) is 14.6. The molecule has 4 heteroatoms. The van der Waals surface area contributed by atoms with E-state index in [1.54, 1.807) is 0 Å². The van der Waals surface area contributed by atoms with Gasteiger partial charge in [-0.25, -0.2) is 4.39 Å². The van der Waals surface area contributed by atoms with Crippen LogP contribution in [0.15, 0.2) is 46.9 Å². The number of halogens is 2. The van der Waals surface area contributed by atoms with Crippen LogP contribution >= 0.6 is 15.9 Å². The molecule has 0 amide bonds. The largest absolute Gasteiger partial charge is 0.399 e. The minimum Gasteiger partial charge on any atom is -0.399 e. The first-order valence-corrected chi connectivity index (χ1v) is 7.93. The number of hydrogen-bond acceptors (Lipinski definition) is 2. The van der Waals surface area contributed by atoms with Crippen LogP contribution in [0.2, 0.25) is 0 Å². The van der Waals surface area contributed by atoms with Crippen LogP contribution in [0, 0.1) is 5.82 Å². The minimum absolute atomic E-state index is 0.150. The van der Waals surface area contributed by atoms with Gasteiger partial charge in [0.2, 0.25) is 0 Å². The van der Waals surface area contributed by atoms with Gasteiger partial charge >= 0.3 is 0 Å². The van der Waals surface area contributed by atoms with Gasteiger partial charge in [0.15, 0.2) is 0 Å². The Hall–Kier alpha value is -1.39. The van der Waals surface area contributed by atoms with Gasteiger partial charge in [-0.1, -0.05) is 34.1 Å². The third kappa shape index (κ3) is 3.83. The van der Waals surface area contributed by atoms with Crippen LogP contribution in [0.1, 0.15) is 24.0 Å². The van der Waals surface area contributed by atoms with Crippen molar-refractivity contribution >= 4 is 21.6 Å². The van der Waals surface area contributed by atoms with E-state index >= 15 is 0 Å². The monoisotopic (exact) mass is 348 g/mol. The molecule has 1 fully saturated rings. The smallest absolute Gasteiger partial charge is 0.128 e. The first kappa shape index (κ1) is 14.5. The zero-order valence-electron chi connectivity index (χ0n) is 11.7. The molecule has 0 unspecified atom stereocenters. The van der Waals surface area contributed by atoms with Crippen molar-refractivity contribution in [3.8, 4) is 0 Å². The lowest BCUT2D eigenvalue weighted by molar-refractivity contribution is 0.242. The van der Waals surface area contributed by atoms with Crippen molar-refractivity contribution in [2.75, 3.05) is 5.73 Å². The average molecular weight is 349 g/mol. The third-order valence-electron chi connectivity index (χ3n) is 3.79. The van der Waals surface area contributed by atoms with Gasteiger partial charge in [-0.2, -0.15) is 0 Å². The van der Waals surface area contributed by atoms with E-state index in [0.29, 0.717) is 12.6 Å². The molecule has 110 valence electrons. The summed E-state index contributed by atoms with van der Waals surface area (Å²) < 4.78 is 14.8. The fourth-order valence-electron chi connectivity index (χ4n) is 2.55. The van der Waals surface area contributed by atoms with E-state index in [1.807, 2.05) is 30.3 Å². The molecule has 2 nitrogen and oxygen atoms in total. The summed E-state index contributed by atoms with van der Waals surface area (Å²) in [5, 5.41) is 0. The van der Waals surface area contributed by atoms with Gasteiger partial charge in [0.1, 0.15) is 5.82 Å². The molecule has 0 radical (unpaired) electrons. The molecule has 3 rings (SSSR count). The molecule has 2 aromatic carbocycles. The van der Waals surface area contributed by atoms with E-state index < -0.39 is 0 Å². The highest BCUT2D eigenvalue weighted by molar-refractivity contribution is 9.10. The average Bonchev–Trinajstić information content (AvgIpc) is 3.25. The zero-order valence-corrected chi connectivity index (χ0v) is 13.3. The van der Waals surface area contributed by atoms with E-state index in [-0.39, 0.29) is 5.82 Å². The molecular formula is C17H18BrFN2. The van der Waals surface area contributed by atoms with Gasteiger partial charge in [0.05, 0.1) is 0 Å². The number of nitrogens with zero attached hydrogens (tertiary/aromatic N) is 1. The van der Waals surface area contributed by atoms with E-state index in [2.05, 4.69) is 26.9 Å². The number of benzene rings is 2. The van der Waals surface area contributed by atoms with Crippen molar-refractivity contribution < 1.29 is 4.39 Å². The summed E-state index contributed by atoms with van der Waals surface area (Å²) in [5.74, 6) is -0.150. The molecule has 0 aliphatic heterocycles. The molecule has 0 atom stereocenters. The molecule has 0 saturated heterocycles. The maximum absolute atomic E-state index is 14.0.